The molecule has 0 atom stereocenters. The molecule has 0 fully saturated rings. The van der Waals surface area contributed by atoms with Crippen molar-refractivity contribution in [2.45, 2.75) is 39.3 Å². The van der Waals surface area contributed by atoms with E-state index < -0.39 is 0 Å². The van der Waals surface area contributed by atoms with Gasteiger partial charge in [-0.3, -0.25) is 4.90 Å². The summed E-state index contributed by atoms with van der Waals surface area (Å²) in [6.45, 7) is 6.94. The van der Waals surface area contributed by atoms with E-state index in [1.54, 1.807) is 6.33 Å². The third-order valence-corrected chi connectivity index (χ3v) is 5.45. The highest BCUT2D eigenvalue weighted by Crippen LogP contribution is 2.29. The van der Waals surface area contributed by atoms with Crippen molar-refractivity contribution in [3.8, 4) is 0 Å². The lowest BCUT2D eigenvalue weighted by molar-refractivity contribution is 0.235. The number of aryl methyl sites for hydroxylation is 1. The Labute approximate surface area is 157 Å². The molecular formula is C18H23N7S. The number of fused-ring (bicyclic) bond motifs is 1. The zero-order valence-electron chi connectivity index (χ0n) is 15.3. The standard InChI is InChI=1S/C18H23N7S/c1-12(2)15-8-17(26-23-15)22-18-13-9-25(6-4-14(13)20-11-21-18)10-16-19-5-7-24(16)3/h5,7-8,11-12H,4,6,9-10H2,1-3H3,(H,20,21,22). The Balaban J connectivity index is 1.54. The van der Waals surface area contributed by atoms with Crippen LogP contribution in [0.25, 0.3) is 0 Å². The number of hydrogen-bond donors (Lipinski definition) is 1. The van der Waals surface area contributed by atoms with Gasteiger partial charge in [-0.1, -0.05) is 13.8 Å². The summed E-state index contributed by atoms with van der Waals surface area (Å²) >= 11 is 1.48. The Morgan fingerprint density at radius 1 is 1.27 bits per heavy atom. The second-order valence-electron chi connectivity index (χ2n) is 6.96. The maximum absolute atomic E-state index is 4.51. The lowest BCUT2D eigenvalue weighted by Crippen LogP contribution is -2.32. The number of rotatable bonds is 5. The van der Waals surface area contributed by atoms with Crippen LogP contribution in [-0.2, 0) is 26.6 Å². The first-order valence-electron chi connectivity index (χ1n) is 8.85. The van der Waals surface area contributed by atoms with E-state index >= 15 is 0 Å². The molecule has 0 radical (unpaired) electrons. The van der Waals surface area contributed by atoms with Crippen molar-refractivity contribution in [2.75, 3.05) is 11.9 Å². The van der Waals surface area contributed by atoms with Crippen LogP contribution in [0.5, 0.6) is 0 Å². The van der Waals surface area contributed by atoms with E-state index in [0.717, 1.165) is 54.1 Å². The molecule has 0 spiro atoms. The van der Waals surface area contributed by atoms with Gasteiger partial charge in [-0.05, 0) is 23.5 Å². The Morgan fingerprint density at radius 3 is 2.88 bits per heavy atom. The van der Waals surface area contributed by atoms with Gasteiger partial charge in [0.2, 0.25) is 0 Å². The van der Waals surface area contributed by atoms with Crippen LogP contribution in [-0.4, -0.2) is 35.3 Å². The van der Waals surface area contributed by atoms with Crippen LogP contribution >= 0.6 is 11.5 Å². The van der Waals surface area contributed by atoms with Gasteiger partial charge in [0.05, 0.1) is 17.9 Å². The first-order chi connectivity index (χ1) is 12.6. The summed E-state index contributed by atoms with van der Waals surface area (Å²) in [5.41, 5.74) is 3.41. The molecule has 4 heterocycles. The number of anilines is 2. The fourth-order valence-electron chi connectivity index (χ4n) is 3.13. The zero-order chi connectivity index (χ0) is 18.1. The topological polar surface area (TPSA) is 71.8 Å². The first-order valence-corrected chi connectivity index (χ1v) is 9.62. The lowest BCUT2D eigenvalue weighted by Gasteiger charge is -2.28. The summed E-state index contributed by atoms with van der Waals surface area (Å²) in [7, 11) is 2.03. The molecule has 1 N–H and O–H groups in total. The largest absolute Gasteiger partial charge is 0.337 e. The number of nitrogens with one attached hydrogen (secondary N) is 1. The first kappa shape index (κ1) is 17.1. The maximum Gasteiger partial charge on any atom is 0.139 e. The SMILES string of the molecule is CC(C)c1cc(Nc2ncnc3c2CN(Cc2nccn2C)CC3)sn1. The monoisotopic (exact) mass is 369 g/mol. The van der Waals surface area contributed by atoms with Crippen LogP contribution in [0.3, 0.4) is 0 Å². The minimum atomic E-state index is 0.425. The highest BCUT2D eigenvalue weighted by Gasteiger charge is 2.22. The third kappa shape index (κ3) is 3.47. The Kier molecular flexibility index (Phi) is 4.69. The molecule has 3 aromatic rings. The van der Waals surface area contributed by atoms with Crippen molar-refractivity contribution in [3.63, 3.8) is 0 Å². The van der Waals surface area contributed by atoms with Crippen LogP contribution in [0, 0.1) is 0 Å². The van der Waals surface area contributed by atoms with Crippen molar-refractivity contribution in [1.82, 2.24) is 28.8 Å². The van der Waals surface area contributed by atoms with E-state index in [2.05, 4.69) is 54.0 Å². The molecule has 0 amide bonds. The lowest BCUT2D eigenvalue weighted by atomic mass is 10.1. The highest BCUT2D eigenvalue weighted by atomic mass is 32.1. The average molecular weight is 369 g/mol. The molecule has 3 aromatic heterocycles. The van der Waals surface area contributed by atoms with E-state index in [1.165, 1.54) is 17.1 Å². The molecule has 8 heteroatoms. The fourth-order valence-corrected chi connectivity index (χ4v) is 3.91. The number of imidazole rings is 1. The summed E-state index contributed by atoms with van der Waals surface area (Å²) in [5.74, 6) is 2.39. The quantitative estimate of drug-likeness (QED) is 0.745. The van der Waals surface area contributed by atoms with E-state index in [0.29, 0.717) is 5.92 Å². The average Bonchev–Trinajstić information content (AvgIpc) is 3.25. The number of hydrogen-bond acceptors (Lipinski definition) is 7. The third-order valence-electron chi connectivity index (χ3n) is 4.73. The molecule has 0 unspecified atom stereocenters. The van der Waals surface area contributed by atoms with Gasteiger partial charge in [-0.15, -0.1) is 0 Å². The Bertz CT molecular complexity index is 899. The molecule has 26 heavy (non-hydrogen) atoms. The molecule has 0 saturated carbocycles. The second kappa shape index (κ2) is 7.13. The minimum Gasteiger partial charge on any atom is -0.337 e. The smallest absolute Gasteiger partial charge is 0.139 e. The van der Waals surface area contributed by atoms with Gasteiger partial charge >= 0.3 is 0 Å². The van der Waals surface area contributed by atoms with E-state index in [-0.39, 0.29) is 0 Å². The van der Waals surface area contributed by atoms with Crippen molar-refractivity contribution in [1.29, 1.82) is 0 Å². The van der Waals surface area contributed by atoms with Crippen molar-refractivity contribution < 1.29 is 0 Å². The summed E-state index contributed by atoms with van der Waals surface area (Å²) in [6, 6.07) is 2.11. The predicted molar refractivity (Wildman–Crippen MR) is 103 cm³/mol. The van der Waals surface area contributed by atoms with Crippen LogP contribution in [0.2, 0.25) is 0 Å². The Morgan fingerprint density at radius 2 is 2.15 bits per heavy atom. The Hall–Kier alpha value is -2.32. The molecule has 1 aliphatic rings. The van der Waals surface area contributed by atoms with Crippen molar-refractivity contribution >= 4 is 22.4 Å². The van der Waals surface area contributed by atoms with Crippen molar-refractivity contribution in [2.24, 2.45) is 7.05 Å². The molecule has 1 aliphatic heterocycles. The van der Waals surface area contributed by atoms with Gasteiger partial charge in [0.25, 0.3) is 0 Å². The predicted octanol–water partition coefficient (Wildman–Crippen LogP) is 3.09. The molecule has 136 valence electrons. The highest BCUT2D eigenvalue weighted by molar-refractivity contribution is 7.10. The van der Waals surface area contributed by atoms with Gasteiger partial charge in [0, 0.05) is 44.5 Å². The summed E-state index contributed by atoms with van der Waals surface area (Å²) in [4.78, 5) is 15.8. The van der Waals surface area contributed by atoms with Gasteiger partial charge in [0.1, 0.15) is 23.0 Å². The van der Waals surface area contributed by atoms with E-state index in [4.69, 9.17) is 0 Å². The minimum absolute atomic E-state index is 0.425. The number of nitrogens with zero attached hydrogens (tertiary/aromatic N) is 6. The number of aromatic nitrogens is 5. The molecule has 7 nitrogen and oxygen atoms in total. The molecule has 0 bridgehead atoms. The van der Waals surface area contributed by atoms with E-state index in [1.807, 2.05) is 19.4 Å². The maximum atomic E-state index is 4.51. The molecular weight excluding hydrogens is 346 g/mol. The van der Waals surface area contributed by atoms with Crippen molar-refractivity contribution in [3.05, 3.63) is 47.6 Å². The fraction of sp³-hybridized carbons (Fsp3) is 0.444. The van der Waals surface area contributed by atoms with Crippen LogP contribution in [0.4, 0.5) is 10.8 Å². The van der Waals surface area contributed by atoms with Gasteiger partial charge in [-0.2, -0.15) is 4.37 Å². The van der Waals surface area contributed by atoms with Crippen LogP contribution < -0.4 is 5.32 Å². The summed E-state index contributed by atoms with van der Waals surface area (Å²) < 4.78 is 6.58. The summed E-state index contributed by atoms with van der Waals surface area (Å²) in [5, 5.41) is 4.48. The van der Waals surface area contributed by atoms with Gasteiger partial charge in [0.15, 0.2) is 0 Å². The normalized spacial score (nSPS) is 14.6. The zero-order valence-corrected chi connectivity index (χ0v) is 16.1. The molecule has 0 saturated heterocycles. The molecule has 0 aromatic carbocycles. The summed E-state index contributed by atoms with van der Waals surface area (Å²) in [6.07, 6.45) is 6.41. The van der Waals surface area contributed by atoms with Crippen LogP contribution in [0.1, 0.15) is 42.5 Å². The van der Waals surface area contributed by atoms with E-state index in [9.17, 15) is 0 Å². The van der Waals surface area contributed by atoms with Crippen LogP contribution in [0.15, 0.2) is 24.8 Å². The second-order valence-corrected chi connectivity index (χ2v) is 7.76. The van der Waals surface area contributed by atoms with Gasteiger partial charge < -0.3 is 9.88 Å². The van der Waals surface area contributed by atoms with Gasteiger partial charge in [-0.25, -0.2) is 15.0 Å². The molecule has 0 aliphatic carbocycles. The molecule has 4 rings (SSSR count).